The van der Waals surface area contributed by atoms with Gasteiger partial charge in [-0.15, -0.1) is 4.40 Å². The summed E-state index contributed by atoms with van der Waals surface area (Å²) in [5.74, 6) is 1.74. The molecule has 0 unspecified atom stereocenters. The van der Waals surface area contributed by atoms with Crippen LogP contribution in [-0.2, 0) is 16.6 Å². The second-order valence-electron chi connectivity index (χ2n) is 5.55. The summed E-state index contributed by atoms with van der Waals surface area (Å²) in [7, 11) is 0.794. The fraction of sp³-hybridized carbons (Fsp3) is 0.278. The largest absolute Gasteiger partial charge is 0.497 e. The quantitative estimate of drug-likeness (QED) is 0.626. The predicted octanol–water partition coefficient (Wildman–Crippen LogP) is 3.04. The van der Waals surface area contributed by atoms with E-state index in [9.17, 15) is 8.42 Å². The van der Waals surface area contributed by atoms with Crippen LogP contribution >= 0.6 is 11.3 Å². The lowest BCUT2D eigenvalue weighted by Gasteiger charge is -2.08. The van der Waals surface area contributed by atoms with Crippen LogP contribution in [-0.4, -0.2) is 34.3 Å². The van der Waals surface area contributed by atoms with Gasteiger partial charge in [0.2, 0.25) is 4.80 Å². The zero-order chi connectivity index (χ0) is 19.6. The minimum atomic E-state index is -3.85. The first-order valence-electron chi connectivity index (χ1n) is 8.14. The molecular weight excluding hydrogens is 388 g/mol. The number of aryl methyl sites for hydroxylation is 1. The van der Waals surface area contributed by atoms with Crippen molar-refractivity contribution in [3.8, 4) is 17.2 Å². The fourth-order valence-corrected chi connectivity index (χ4v) is 4.98. The lowest BCUT2D eigenvalue weighted by Crippen LogP contribution is -2.16. The third kappa shape index (κ3) is 3.65. The van der Waals surface area contributed by atoms with E-state index in [0.717, 1.165) is 10.2 Å². The standard InChI is InChI=1S/C18H20N2O5S2/c1-5-20-14-10-15(24-3)16(25-4)11-17(14)26-18(20)19-27(21,22)13-8-6-12(23-2)7-9-13/h6-11H,5H2,1-4H3/b19-18-. The van der Waals surface area contributed by atoms with Gasteiger partial charge in [-0.25, -0.2) is 0 Å². The van der Waals surface area contributed by atoms with Crippen molar-refractivity contribution in [1.82, 2.24) is 4.57 Å². The Kier molecular flexibility index (Phi) is 5.43. The van der Waals surface area contributed by atoms with Crippen molar-refractivity contribution in [2.45, 2.75) is 18.4 Å². The van der Waals surface area contributed by atoms with Gasteiger partial charge in [-0.3, -0.25) is 0 Å². The van der Waals surface area contributed by atoms with E-state index >= 15 is 0 Å². The van der Waals surface area contributed by atoms with Crippen LogP contribution in [0.15, 0.2) is 45.7 Å². The Morgan fingerprint density at radius 3 is 2.19 bits per heavy atom. The van der Waals surface area contributed by atoms with Crippen molar-refractivity contribution >= 4 is 31.6 Å². The Labute approximate surface area is 161 Å². The number of aromatic nitrogens is 1. The molecule has 0 saturated heterocycles. The third-order valence-corrected chi connectivity index (χ3v) is 6.50. The van der Waals surface area contributed by atoms with Crippen LogP contribution in [0.1, 0.15) is 6.92 Å². The molecule has 3 rings (SSSR count). The van der Waals surface area contributed by atoms with Crippen LogP contribution in [0.3, 0.4) is 0 Å². The summed E-state index contributed by atoms with van der Waals surface area (Å²) in [4.78, 5) is 0.497. The lowest BCUT2D eigenvalue weighted by molar-refractivity contribution is 0.355. The first-order valence-corrected chi connectivity index (χ1v) is 10.4. The van der Waals surface area contributed by atoms with Crippen molar-refractivity contribution in [1.29, 1.82) is 0 Å². The number of ether oxygens (including phenoxy) is 3. The molecule has 2 aromatic carbocycles. The molecule has 0 fully saturated rings. The number of hydrogen-bond donors (Lipinski definition) is 0. The molecule has 0 aliphatic rings. The highest BCUT2D eigenvalue weighted by atomic mass is 32.2. The van der Waals surface area contributed by atoms with Crippen LogP contribution in [0, 0.1) is 0 Å². The third-order valence-electron chi connectivity index (χ3n) is 4.06. The molecule has 144 valence electrons. The number of rotatable bonds is 6. The first kappa shape index (κ1) is 19.2. The van der Waals surface area contributed by atoms with Gasteiger partial charge in [0, 0.05) is 18.7 Å². The molecule has 0 aliphatic heterocycles. The maximum Gasteiger partial charge on any atom is 0.285 e. The number of fused-ring (bicyclic) bond motifs is 1. The van der Waals surface area contributed by atoms with Gasteiger partial charge in [0.15, 0.2) is 11.5 Å². The molecule has 0 N–H and O–H groups in total. The Morgan fingerprint density at radius 2 is 1.63 bits per heavy atom. The zero-order valence-corrected chi connectivity index (χ0v) is 17.1. The summed E-state index contributed by atoms with van der Waals surface area (Å²) in [6.45, 7) is 2.49. The van der Waals surface area contributed by atoms with Gasteiger partial charge < -0.3 is 18.8 Å². The van der Waals surface area contributed by atoms with E-state index in [1.807, 2.05) is 23.6 Å². The van der Waals surface area contributed by atoms with Crippen molar-refractivity contribution in [3.63, 3.8) is 0 Å². The molecule has 27 heavy (non-hydrogen) atoms. The van der Waals surface area contributed by atoms with E-state index in [1.54, 1.807) is 26.4 Å². The van der Waals surface area contributed by atoms with E-state index in [0.29, 0.717) is 28.6 Å². The minimum absolute atomic E-state index is 0.110. The number of nitrogens with zero attached hydrogens (tertiary/aromatic N) is 2. The van der Waals surface area contributed by atoms with Crippen molar-refractivity contribution in [2.75, 3.05) is 21.3 Å². The van der Waals surface area contributed by atoms with Gasteiger partial charge in [0.1, 0.15) is 5.75 Å². The molecular formula is C18H20N2O5S2. The maximum absolute atomic E-state index is 12.7. The molecule has 1 heterocycles. The summed E-state index contributed by atoms with van der Waals surface area (Å²) in [6.07, 6.45) is 0. The molecule has 7 nitrogen and oxygen atoms in total. The van der Waals surface area contributed by atoms with Crippen molar-refractivity contribution in [3.05, 3.63) is 41.2 Å². The molecule has 9 heteroatoms. The number of hydrogen-bond acceptors (Lipinski definition) is 6. The molecule has 0 atom stereocenters. The average molecular weight is 409 g/mol. The highest BCUT2D eigenvalue weighted by Gasteiger charge is 2.16. The van der Waals surface area contributed by atoms with Crippen molar-refractivity contribution < 1.29 is 22.6 Å². The highest BCUT2D eigenvalue weighted by molar-refractivity contribution is 7.90. The Balaban J connectivity index is 2.19. The average Bonchev–Trinajstić information content (AvgIpc) is 3.01. The lowest BCUT2D eigenvalue weighted by atomic mass is 10.3. The molecule has 1 aromatic heterocycles. The zero-order valence-electron chi connectivity index (χ0n) is 15.4. The summed E-state index contributed by atoms with van der Waals surface area (Å²) in [5, 5.41) is 0. The predicted molar refractivity (Wildman–Crippen MR) is 104 cm³/mol. The summed E-state index contributed by atoms with van der Waals surface area (Å²) in [5.41, 5.74) is 0.837. The van der Waals surface area contributed by atoms with Gasteiger partial charge >= 0.3 is 0 Å². The first-order chi connectivity index (χ1) is 12.9. The molecule has 3 aromatic rings. The smallest absolute Gasteiger partial charge is 0.285 e. The number of methoxy groups -OCH3 is 3. The topological polar surface area (TPSA) is 79.1 Å². The van der Waals surface area contributed by atoms with Crippen LogP contribution in [0.5, 0.6) is 17.2 Å². The molecule has 0 spiro atoms. The Morgan fingerprint density at radius 1 is 1.00 bits per heavy atom. The molecule has 0 amide bonds. The number of benzene rings is 2. The highest BCUT2D eigenvalue weighted by Crippen LogP contribution is 2.33. The Bertz CT molecular complexity index is 1130. The maximum atomic E-state index is 12.7. The minimum Gasteiger partial charge on any atom is -0.497 e. The van der Waals surface area contributed by atoms with E-state index in [2.05, 4.69) is 4.40 Å². The molecule has 0 saturated carbocycles. The summed E-state index contributed by atoms with van der Waals surface area (Å²) in [6, 6.07) is 9.80. The van der Waals surface area contributed by atoms with Gasteiger partial charge in [0.25, 0.3) is 10.0 Å². The van der Waals surface area contributed by atoms with Gasteiger partial charge in [-0.1, -0.05) is 11.3 Å². The number of thiazole rings is 1. The van der Waals surface area contributed by atoms with Gasteiger partial charge in [-0.2, -0.15) is 8.42 Å². The van der Waals surface area contributed by atoms with Crippen LogP contribution in [0.4, 0.5) is 0 Å². The summed E-state index contributed by atoms with van der Waals surface area (Å²) < 4.78 is 48.0. The normalized spacial score (nSPS) is 12.4. The second kappa shape index (κ2) is 7.61. The molecule has 0 aliphatic carbocycles. The number of sulfonamides is 1. The SMILES string of the molecule is CCn1/c(=N/S(=O)(=O)c2ccc(OC)cc2)sc2cc(OC)c(OC)cc21. The summed E-state index contributed by atoms with van der Waals surface area (Å²) >= 11 is 1.28. The van der Waals surface area contributed by atoms with E-state index in [4.69, 9.17) is 14.2 Å². The fourth-order valence-electron chi connectivity index (χ4n) is 2.68. The van der Waals surface area contributed by atoms with E-state index in [-0.39, 0.29) is 4.90 Å². The van der Waals surface area contributed by atoms with Gasteiger partial charge in [-0.05, 0) is 31.2 Å². The van der Waals surface area contributed by atoms with Crippen molar-refractivity contribution in [2.24, 2.45) is 4.40 Å². The Hall–Kier alpha value is -2.52. The second-order valence-corrected chi connectivity index (χ2v) is 8.16. The van der Waals surface area contributed by atoms with E-state index < -0.39 is 10.0 Å². The molecule has 0 radical (unpaired) electrons. The van der Waals surface area contributed by atoms with E-state index in [1.165, 1.54) is 30.6 Å². The molecule has 0 bridgehead atoms. The van der Waals surface area contributed by atoms with Gasteiger partial charge in [0.05, 0.1) is 36.4 Å². The monoisotopic (exact) mass is 408 g/mol. The van der Waals surface area contributed by atoms with Crippen LogP contribution in [0.25, 0.3) is 10.2 Å². The van der Waals surface area contributed by atoms with Crippen LogP contribution < -0.4 is 19.0 Å². The van der Waals surface area contributed by atoms with Crippen LogP contribution in [0.2, 0.25) is 0 Å².